The number of esters is 1. The van der Waals surface area contributed by atoms with Crippen molar-refractivity contribution in [2.45, 2.75) is 13.3 Å². The summed E-state index contributed by atoms with van der Waals surface area (Å²) in [6, 6.07) is 11.5. The second kappa shape index (κ2) is 7.09. The molecule has 0 fully saturated rings. The third-order valence-electron chi connectivity index (χ3n) is 3.95. The summed E-state index contributed by atoms with van der Waals surface area (Å²) in [5.41, 5.74) is 1.64. The number of methoxy groups -OCH3 is 1. The second-order valence-corrected chi connectivity index (χ2v) is 5.37. The average Bonchev–Trinajstić information content (AvgIpc) is 2.66. The Kier molecular flexibility index (Phi) is 4.70. The van der Waals surface area contributed by atoms with Crippen LogP contribution >= 0.6 is 0 Å². The van der Waals surface area contributed by atoms with Crippen LogP contribution in [-0.2, 0) is 11.2 Å². The lowest BCUT2D eigenvalue weighted by Crippen LogP contribution is -2.18. The zero-order valence-corrected chi connectivity index (χ0v) is 13.9. The predicted octanol–water partition coefficient (Wildman–Crippen LogP) is 3.23. The number of anilines is 1. The number of benzene rings is 2. The number of aromatic nitrogens is 2. The number of ether oxygens (including phenoxy) is 1. The first-order valence-corrected chi connectivity index (χ1v) is 7.87. The molecule has 3 rings (SSSR count). The van der Waals surface area contributed by atoms with Crippen LogP contribution in [0.2, 0.25) is 0 Å². The summed E-state index contributed by atoms with van der Waals surface area (Å²) in [4.78, 5) is 32.5. The standard InChI is InChI=1S/C19H17N3O3/c1-3-12-8-9-15(14-7-5-4-6-13(12)14)18(23)22-17-16(19(24)25-2)20-10-11-21-17/h4-11H,3H2,1-2H3,(H,21,22,23). The summed E-state index contributed by atoms with van der Waals surface area (Å²) in [7, 11) is 1.25. The van der Waals surface area contributed by atoms with E-state index in [1.165, 1.54) is 25.1 Å². The minimum Gasteiger partial charge on any atom is -0.464 e. The van der Waals surface area contributed by atoms with Crippen LogP contribution in [0.4, 0.5) is 5.82 Å². The number of nitrogens with one attached hydrogen (secondary N) is 1. The molecule has 2 aromatic carbocycles. The third kappa shape index (κ3) is 3.19. The Bertz CT molecular complexity index is 954. The molecule has 1 amide bonds. The number of hydrogen-bond acceptors (Lipinski definition) is 5. The fraction of sp³-hybridized carbons (Fsp3) is 0.158. The molecule has 0 saturated carbocycles. The molecule has 1 N–H and O–H groups in total. The molecule has 0 unspecified atom stereocenters. The van der Waals surface area contributed by atoms with Gasteiger partial charge in [-0.3, -0.25) is 4.79 Å². The minimum atomic E-state index is -0.658. The quantitative estimate of drug-likeness (QED) is 0.740. The molecule has 0 aliphatic rings. The Morgan fingerprint density at radius 2 is 1.76 bits per heavy atom. The van der Waals surface area contributed by atoms with Crippen molar-refractivity contribution in [3.63, 3.8) is 0 Å². The van der Waals surface area contributed by atoms with Crippen molar-refractivity contribution >= 4 is 28.5 Å². The normalized spacial score (nSPS) is 10.5. The van der Waals surface area contributed by atoms with Gasteiger partial charge in [-0.2, -0.15) is 0 Å². The van der Waals surface area contributed by atoms with Crippen LogP contribution in [0.5, 0.6) is 0 Å². The topological polar surface area (TPSA) is 81.2 Å². The monoisotopic (exact) mass is 335 g/mol. The first kappa shape index (κ1) is 16.6. The molecule has 0 aliphatic heterocycles. The molecule has 0 saturated heterocycles. The fourth-order valence-corrected chi connectivity index (χ4v) is 2.72. The molecule has 6 nitrogen and oxygen atoms in total. The largest absolute Gasteiger partial charge is 0.464 e. The minimum absolute atomic E-state index is 0.0344. The van der Waals surface area contributed by atoms with Crippen molar-refractivity contribution in [3.8, 4) is 0 Å². The Balaban J connectivity index is 2.01. The van der Waals surface area contributed by atoms with Crippen LogP contribution in [0.15, 0.2) is 48.8 Å². The summed E-state index contributed by atoms with van der Waals surface area (Å²) in [5.74, 6) is -0.943. The molecule has 126 valence electrons. The Morgan fingerprint density at radius 1 is 1.04 bits per heavy atom. The van der Waals surface area contributed by atoms with Gasteiger partial charge in [0.15, 0.2) is 11.5 Å². The van der Waals surface area contributed by atoms with Gasteiger partial charge in [0.2, 0.25) is 0 Å². The van der Waals surface area contributed by atoms with Crippen molar-refractivity contribution in [1.29, 1.82) is 0 Å². The van der Waals surface area contributed by atoms with Gasteiger partial charge in [-0.05, 0) is 28.8 Å². The predicted molar refractivity (Wildman–Crippen MR) is 94.7 cm³/mol. The van der Waals surface area contributed by atoms with Crippen LogP contribution in [0.1, 0.15) is 33.3 Å². The number of hydrogen-bond donors (Lipinski definition) is 1. The Hall–Kier alpha value is -3.28. The summed E-state index contributed by atoms with van der Waals surface area (Å²) in [6.07, 6.45) is 3.65. The van der Waals surface area contributed by atoms with Crippen LogP contribution < -0.4 is 5.32 Å². The highest BCUT2D eigenvalue weighted by molar-refractivity contribution is 6.14. The van der Waals surface area contributed by atoms with E-state index in [1.54, 1.807) is 6.07 Å². The molecule has 0 aliphatic carbocycles. The molecule has 1 aromatic heterocycles. The average molecular weight is 335 g/mol. The van der Waals surface area contributed by atoms with Crippen molar-refractivity contribution < 1.29 is 14.3 Å². The maximum atomic E-state index is 12.8. The highest BCUT2D eigenvalue weighted by atomic mass is 16.5. The molecule has 6 heteroatoms. The van der Waals surface area contributed by atoms with Gasteiger partial charge >= 0.3 is 5.97 Å². The SMILES string of the molecule is CCc1ccc(C(=O)Nc2nccnc2C(=O)OC)c2ccccc12. The number of carbonyl (C=O) groups excluding carboxylic acids is 2. The lowest BCUT2D eigenvalue weighted by molar-refractivity contribution is 0.0595. The molecule has 1 heterocycles. The molecule has 0 atom stereocenters. The summed E-state index contributed by atoms with van der Waals surface area (Å²) >= 11 is 0. The van der Waals surface area contributed by atoms with Gasteiger partial charge in [0.25, 0.3) is 5.91 Å². The van der Waals surface area contributed by atoms with Crippen LogP contribution in [0, 0.1) is 0 Å². The van der Waals surface area contributed by atoms with Crippen molar-refractivity contribution in [3.05, 3.63) is 65.6 Å². The molecular formula is C19H17N3O3. The second-order valence-electron chi connectivity index (χ2n) is 5.37. The third-order valence-corrected chi connectivity index (χ3v) is 3.95. The van der Waals surface area contributed by atoms with Gasteiger partial charge in [-0.1, -0.05) is 37.3 Å². The summed E-state index contributed by atoms with van der Waals surface area (Å²) in [5, 5.41) is 4.54. The van der Waals surface area contributed by atoms with E-state index in [9.17, 15) is 9.59 Å². The van der Waals surface area contributed by atoms with E-state index in [1.807, 2.05) is 30.3 Å². The van der Waals surface area contributed by atoms with E-state index in [4.69, 9.17) is 0 Å². The van der Waals surface area contributed by atoms with Crippen LogP contribution in [-0.4, -0.2) is 29.0 Å². The lowest BCUT2D eigenvalue weighted by atomic mass is 9.98. The van der Waals surface area contributed by atoms with E-state index in [0.717, 1.165) is 17.2 Å². The van der Waals surface area contributed by atoms with Crippen LogP contribution in [0.3, 0.4) is 0 Å². The lowest BCUT2D eigenvalue weighted by Gasteiger charge is -2.11. The number of rotatable bonds is 4. The van der Waals surface area contributed by atoms with Gasteiger partial charge in [0.05, 0.1) is 7.11 Å². The fourth-order valence-electron chi connectivity index (χ4n) is 2.72. The van der Waals surface area contributed by atoms with E-state index >= 15 is 0 Å². The number of nitrogens with zero attached hydrogens (tertiary/aromatic N) is 2. The molecule has 0 spiro atoms. The highest BCUT2D eigenvalue weighted by Crippen LogP contribution is 2.24. The van der Waals surface area contributed by atoms with E-state index in [-0.39, 0.29) is 17.4 Å². The smallest absolute Gasteiger partial charge is 0.360 e. The van der Waals surface area contributed by atoms with Crippen LogP contribution in [0.25, 0.3) is 10.8 Å². The number of carbonyl (C=O) groups is 2. The van der Waals surface area contributed by atoms with E-state index in [2.05, 4.69) is 26.9 Å². The van der Waals surface area contributed by atoms with Gasteiger partial charge < -0.3 is 10.1 Å². The molecule has 25 heavy (non-hydrogen) atoms. The van der Waals surface area contributed by atoms with Crippen molar-refractivity contribution in [1.82, 2.24) is 9.97 Å². The van der Waals surface area contributed by atoms with Crippen molar-refractivity contribution in [2.24, 2.45) is 0 Å². The summed E-state index contributed by atoms with van der Waals surface area (Å²) < 4.78 is 4.67. The molecule has 3 aromatic rings. The highest BCUT2D eigenvalue weighted by Gasteiger charge is 2.18. The molecular weight excluding hydrogens is 318 g/mol. The molecule has 0 bridgehead atoms. The maximum Gasteiger partial charge on any atom is 0.360 e. The number of fused-ring (bicyclic) bond motifs is 1. The van der Waals surface area contributed by atoms with E-state index < -0.39 is 5.97 Å². The first-order valence-electron chi connectivity index (χ1n) is 7.87. The number of amides is 1. The zero-order chi connectivity index (χ0) is 17.8. The maximum absolute atomic E-state index is 12.8. The van der Waals surface area contributed by atoms with E-state index in [0.29, 0.717) is 5.56 Å². The first-order chi connectivity index (χ1) is 12.2. The van der Waals surface area contributed by atoms with Gasteiger partial charge in [0, 0.05) is 18.0 Å². The molecule has 0 radical (unpaired) electrons. The zero-order valence-electron chi connectivity index (χ0n) is 13.9. The Morgan fingerprint density at radius 3 is 2.48 bits per heavy atom. The van der Waals surface area contributed by atoms with Gasteiger partial charge in [-0.25, -0.2) is 14.8 Å². The van der Waals surface area contributed by atoms with Crippen molar-refractivity contribution in [2.75, 3.05) is 12.4 Å². The number of aryl methyl sites for hydroxylation is 1. The Labute approximate surface area is 144 Å². The van der Waals surface area contributed by atoms with Gasteiger partial charge in [0.1, 0.15) is 0 Å². The van der Waals surface area contributed by atoms with Gasteiger partial charge in [-0.15, -0.1) is 0 Å². The summed E-state index contributed by atoms with van der Waals surface area (Å²) in [6.45, 7) is 2.07.